The van der Waals surface area contributed by atoms with Crippen molar-refractivity contribution in [2.45, 2.75) is 255 Å². The lowest BCUT2D eigenvalue weighted by Gasteiger charge is -2.43. The van der Waals surface area contributed by atoms with Gasteiger partial charge in [0.05, 0.1) is 0 Å². The highest BCUT2D eigenvalue weighted by Gasteiger charge is 2.61. The summed E-state index contributed by atoms with van der Waals surface area (Å²) in [7, 11) is -58.8. The summed E-state index contributed by atoms with van der Waals surface area (Å²) in [6.07, 6.45) is 0. The first-order chi connectivity index (χ1) is 50.1. The first-order valence-corrected chi connectivity index (χ1v) is 106. The van der Waals surface area contributed by atoms with Crippen LogP contribution in [0.1, 0.15) is 0 Å². The second-order valence-corrected chi connectivity index (χ2v) is 105. The van der Waals surface area contributed by atoms with Crippen molar-refractivity contribution in [1.29, 1.82) is 0 Å². The molecule has 3 aromatic carbocycles. The molecule has 0 aromatic heterocycles. The Morgan fingerprint density at radius 3 is 0.536 bits per heavy atom. The van der Waals surface area contributed by atoms with Crippen LogP contribution in [-0.2, 0) is 94.6 Å². The summed E-state index contributed by atoms with van der Waals surface area (Å²) in [6.45, 7) is 80.4. The van der Waals surface area contributed by atoms with E-state index >= 15 is 0 Å². The molecule has 0 saturated carbocycles. The van der Waals surface area contributed by atoms with Crippen LogP contribution in [0.25, 0.3) is 0 Å². The number of hydrogen-bond donors (Lipinski definition) is 3. The molecule has 3 N–H and O–H groups in total. The van der Waals surface area contributed by atoms with Gasteiger partial charge >= 0.3 is 88.5 Å². The first-order valence-electron chi connectivity index (χ1n) is 39.2. The molecular formula is C57H152O26Si27. The Kier molecular flexibility index (Phi) is 54.0. The highest BCUT2D eigenvalue weighted by molar-refractivity contribution is 6.96. The van der Waals surface area contributed by atoms with Crippen LogP contribution in [0.3, 0.4) is 0 Å². The van der Waals surface area contributed by atoms with E-state index in [0.29, 0.717) is 0 Å². The maximum atomic E-state index is 10.7. The zero-order valence-electron chi connectivity index (χ0n) is 74.7. The lowest BCUT2D eigenvalue weighted by molar-refractivity contribution is 0.0632. The molecule has 26 nitrogen and oxygen atoms in total. The Balaban J connectivity index is 0.00000147. The molecule has 0 aliphatic carbocycles. The van der Waals surface area contributed by atoms with E-state index in [-0.39, 0.29) is 0 Å². The Morgan fingerprint density at radius 1 is 0.191 bits per heavy atom. The molecule has 1 atom stereocenters. The van der Waals surface area contributed by atoms with Crippen molar-refractivity contribution in [2.24, 2.45) is 0 Å². The lowest BCUT2D eigenvalue weighted by atomic mass is 10.4. The molecule has 0 fully saturated rings. The summed E-state index contributed by atoms with van der Waals surface area (Å²) in [6, 6.07) is 30.2. The first kappa shape index (κ1) is 112. The summed E-state index contributed by atoms with van der Waals surface area (Å²) in [5, 5.41) is 2.90. The van der Waals surface area contributed by atoms with Gasteiger partial charge in [-0.1, -0.05) is 91.0 Å². The summed E-state index contributed by atoms with van der Waals surface area (Å²) in [4.78, 5) is 30.9. The molecule has 3 rings (SSSR count). The second kappa shape index (κ2) is 52.8. The van der Waals surface area contributed by atoms with Crippen LogP contribution in [-0.4, -0.2) is 257 Å². The van der Waals surface area contributed by atoms with Crippen molar-refractivity contribution >= 4 is 258 Å². The van der Waals surface area contributed by atoms with Crippen molar-refractivity contribution < 1.29 is 109 Å². The summed E-state index contributed by atoms with van der Waals surface area (Å²) < 4.78 is 146. The monoisotopic (exact) mass is 2010 g/mol. The molecule has 0 aliphatic rings. The molecule has 0 saturated heterocycles. The van der Waals surface area contributed by atoms with Gasteiger partial charge in [0, 0.05) is 22.1 Å². The van der Waals surface area contributed by atoms with Gasteiger partial charge in [0.15, 0.2) is 154 Å². The quantitative estimate of drug-likeness (QED) is 0.0469. The van der Waals surface area contributed by atoms with Crippen molar-refractivity contribution in [3.63, 3.8) is 0 Å². The second-order valence-electron chi connectivity index (χ2n) is 32.0. The number of benzene rings is 3. The van der Waals surface area contributed by atoms with Gasteiger partial charge in [-0.15, -0.1) is 0 Å². The van der Waals surface area contributed by atoms with Gasteiger partial charge in [-0.2, -0.15) is 0 Å². The fourth-order valence-corrected chi connectivity index (χ4v) is 92.0. The van der Waals surface area contributed by atoms with Crippen LogP contribution in [0.2, 0.25) is 255 Å². The van der Waals surface area contributed by atoms with Gasteiger partial charge in [-0.25, -0.2) is 0 Å². The molecule has 110 heavy (non-hydrogen) atoms. The molecule has 0 spiro atoms. The van der Waals surface area contributed by atoms with E-state index in [1.807, 2.05) is 145 Å². The molecule has 0 aliphatic heterocycles. The van der Waals surface area contributed by atoms with Crippen LogP contribution < -0.4 is 15.6 Å². The standard InChI is InChI=1S/C22H44O6Si7.C14H48O8Si9.C13H30O5Si5.C8H30O7Si6/c1-29(2)23-34(24-30(3)4,21-17-13-11-14-18-21)27-33(9,10)28-35(25-31(5)6,26-32(7)8)22-19-15-12-16-20-22;1-23(2)15-30(16-24(3)4,17-25(5)6)21-29(13,14)22-31(18-26(7)8,19-27(9)10)20-28(11)12;1-19(2)15-22(7,14)18-23(16-20(3)4,17-21(5)6)13-11-9-8-10-12-13;1-16(2)11-20(9,10)15-21(12-17(3)4,13-18(5)6)14-19(7)8/h11-20,29-32H,1-10H3;23-28H,1-14H3;8-12,14,19-21H,1-7H3;9-10,16-19H,1-8H3. The molecule has 3 aromatic rings. The van der Waals surface area contributed by atoms with Crippen LogP contribution >= 0.6 is 0 Å². The Bertz CT molecular complexity index is 2670. The SMILES string of the molecule is C[SiH](C)O[Si](C)(O)O[Si](O[SiH](C)C)(O[SiH](C)C)c1ccccc1.C[SiH](C)O[Si](O)(O)O[Si](O[SiH](C)C)(O[SiH](C)C)O[SiH](C)C.C[SiH](C)O[Si](O[SiH](C)C)(O[SiH](C)C)O[Si](C)(C)O[Si](O[SiH](C)C)(O[SiH](C)C)O[SiH](C)C.C[SiH](C)O[Si](O[SiH](C)C)(O[Si](C)(C)O[Si](O[SiH](C)C)(O[SiH](C)C)c1ccccc1)c1ccccc1. The molecular weight excluding hydrogens is 1860 g/mol. The molecule has 1 unspecified atom stereocenters. The minimum atomic E-state index is -4.29. The van der Waals surface area contributed by atoms with Gasteiger partial charge in [-0.3, -0.25) is 0 Å². The van der Waals surface area contributed by atoms with Crippen molar-refractivity contribution in [3.05, 3.63) is 91.0 Å². The summed E-state index contributed by atoms with van der Waals surface area (Å²) in [5.74, 6) is 0. The molecule has 0 heterocycles. The van der Waals surface area contributed by atoms with Gasteiger partial charge in [-0.05, 0) is 249 Å². The molecule has 0 bridgehead atoms. The van der Waals surface area contributed by atoms with E-state index in [1.54, 1.807) is 6.55 Å². The third-order valence-corrected chi connectivity index (χ3v) is 84.7. The predicted molar refractivity (Wildman–Crippen MR) is 518 cm³/mol. The van der Waals surface area contributed by atoms with E-state index in [0.717, 1.165) is 15.6 Å². The fraction of sp³-hybridized carbons (Fsp3) is 0.684. The third kappa shape index (κ3) is 48.4. The van der Waals surface area contributed by atoms with E-state index in [1.165, 1.54) is 0 Å². The molecule has 53 heteroatoms. The van der Waals surface area contributed by atoms with E-state index in [9.17, 15) is 14.4 Å². The third-order valence-electron chi connectivity index (χ3n) is 12.1. The van der Waals surface area contributed by atoms with E-state index in [4.69, 9.17) is 94.6 Å². The van der Waals surface area contributed by atoms with Crippen LogP contribution in [0, 0.1) is 0 Å². The van der Waals surface area contributed by atoms with Gasteiger partial charge in [0.25, 0.3) is 0 Å². The van der Waals surface area contributed by atoms with Crippen LogP contribution in [0.15, 0.2) is 91.0 Å². The number of rotatable bonds is 49. The van der Waals surface area contributed by atoms with Crippen molar-refractivity contribution in [3.8, 4) is 0 Å². The highest BCUT2D eigenvalue weighted by atomic mass is 28.6. The zero-order chi connectivity index (χ0) is 85.4. The average molecular weight is 2010 g/mol. The number of hydrogen-bond acceptors (Lipinski definition) is 26. The van der Waals surface area contributed by atoms with Gasteiger partial charge in [0.2, 0.25) is 0 Å². The molecule has 0 amide bonds. The molecule has 644 valence electrons. The van der Waals surface area contributed by atoms with E-state index in [2.05, 4.69) is 194 Å². The van der Waals surface area contributed by atoms with Gasteiger partial charge < -0.3 is 109 Å². The smallest absolute Gasteiger partial charge is 0.419 e. The van der Waals surface area contributed by atoms with Crippen LogP contribution in [0.4, 0.5) is 0 Å². The lowest BCUT2D eigenvalue weighted by Crippen LogP contribution is -2.70. The summed E-state index contributed by atoms with van der Waals surface area (Å²) >= 11 is 0. The normalized spacial score (nSPS) is 14.2. The minimum absolute atomic E-state index is 0.907. The highest BCUT2D eigenvalue weighted by Crippen LogP contribution is 2.31. The topological polar surface area (TPSA) is 273 Å². The minimum Gasteiger partial charge on any atom is -0.419 e. The Hall–Kier alpha value is 2.48. The zero-order valence-corrected chi connectivity index (χ0v) is 104. The maximum absolute atomic E-state index is 10.7. The maximum Gasteiger partial charge on any atom is 0.657 e. The van der Waals surface area contributed by atoms with Crippen molar-refractivity contribution in [2.75, 3.05) is 0 Å². The average Bonchev–Trinajstić information content (AvgIpc) is 0.778. The fourth-order valence-electron chi connectivity index (χ4n) is 10.2. The van der Waals surface area contributed by atoms with Crippen molar-refractivity contribution in [1.82, 2.24) is 0 Å². The van der Waals surface area contributed by atoms with Gasteiger partial charge in [0.1, 0.15) is 0 Å². The Morgan fingerprint density at radius 2 is 0.355 bits per heavy atom. The Labute approximate surface area is 706 Å². The molecule has 0 radical (unpaired) electrons. The van der Waals surface area contributed by atoms with Crippen LogP contribution in [0.5, 0.6) is 0 Å². The largest absolute Gasteiger partial charge is 0.657 e. The van der Waals surface area contributed by atoms with E-state index < -0.39 is 242 Å². The predicted octanol–water partition coefficient (Wildman–Crippen LogP) is 7.28. The summed E-state index contributed by atoms with van der Waals surface area (Å²) in [5.41, 5.74) is 0.